The largest absolute Gasteiger partial charge is 0.409 e. The monoisotopic (exact) mass is 311 g/mol. The lowest BCUT2D eigenvalue weighted by Crippen LogP contribution is -2.40. The van der Waals surface area contributed by atoms with Crippen LogP contribution in [-0.4, -0.2) is 40.2 Å². The average Bonchev–Trinajstić information content (AvgIpc) is 2.43. The maximum atomic E-state index is 9.03. The molecule has 0 aliphatic heterocycles. The van der Waals surface area contributed by atoms with E-state index in [0.29, 0.717) is 16.6 Å². The van der Waals surface area contributed by atoms with Crippen LogP contribution in [0.3, 0.4) is 0 Å². The molecule has 1 aromatic rings. The van der Waals surface area contributed by atoms with Crippen molar-refractivity contribution in [2.24, 2.45) is 10.9 Å². The van der Waals surface area contributed by atoms with Gasteiger partial charge in [0.05, 0.1) is 0 Å². The summed E-state index contributed by atoms with van der Waals surface area (Å²) >= 11 is 6.31. The molecule has 116 valence electrons. The van der Waals surface area contributed by atoms with Crippen molar-refractivity contribution in [3.63, 3.8) is 0 Å². The van der Waals surface area contributed by atoms with Gasteiger partial charge in [0.2, 0.25) is 0 Å². The minimum absolute atomic E-state index is 0.0552. The van der Waals surface area contributed by atoms with Crippen molar-refractivity contribution < 1.29 is 10.3 Å². The average molecular weight is 312 g/mol. The third-order valence-electron chi connectivity index (χ3n) is 4.02. The zero-order chi connectivity index (χ0) is 15.2. The lowest BCUT2D eigenvalue weighted by atomic mass is 9.91. The summed E-state index contributed by atoms with van der Waals surface area (Å²) in [6.07, 6.45) is 4.48. The molecule has 0 amide bonds. The summed E-state index contributed by atoms with van der Waals surface area (Å²) in [5.74, 6) is 0.0552. The van der Waals surface area contributed by atoms with Crippen LogP contribution in [0.1, 0.15) is 36.8 Å². The van der Waals surface area contributed by atoms with Crippen LogP contribution in [0.4, 0.5) is 0 Å². The molecule has 6 heteroatoms. The molecule has 0 aromatic heterocycles. The quantitative estimate of drug-likeness (QED) is 0.312. The van der Waals surface area contributed by atoms with Gasteiger partial charge in [-0.25, -0.2) is 0 Å². The number of benzene rings is 1. The fourth-order valence-corrected chi connectivity index (χ4v) is 2.77. The Morgan fingerprint density at radius 2 is 2.19 bits per heavy atom. The summed E-state index contributed by atoms with van der Waals surface area (Å²) in [7, 11) is 0. The lowest BCUT2D eigenvalue weighted by Gasteiger charge is -2.37. The number of aliphatic hydroxyl groups is 1. The minimum atomic E-state index is 0.0552. The molecule has 0 atom stereocenters. The predicted octanol–water partition coefficient (Wildman–Crippen LogP) is 2.17. The molecule has 21 heavy (non-hydrogen) atoms. The molecule has 1 aliphatic rings. The first kappa shape index (κ1) is 16.1. The number of hydrogen-bond acceptors (Lipinski definition) is 4. The fraction of sp³-hybridized carbons (Fsp3) is 0.533. The Morgan fingerprint density at radius 3 is 2.71 bits per heavy atom. The molecule has 0 unspecified atom stereocenters. The number of nitrogens with zero attached hydrogens (tertiary/aromatic N) is 2. The Balaban J connectivity index is 2.09. The number of aliphatic hydroxyl groups excluding tert-OH is 1. The summed E-state index contributed by atoms with van der Waals surface area (Å²) in [6.45, 7) is 1.85. The van der Waals surface area contributed by atoms with Gasteiger partial charge in [0.25, 0.3) is 0 Å². The second-order valence-corrected chi connectivity index (χ2v) is 5.83. The Morgan fingerprint density at radius 1 is 1.43 bits per heavy atom. The van der Waals surface area contributed by atoms with Crippen molar-refractivity contribution in [1.29, 1.82) is 0 Å². The maximum absolute atomic E-state index is 9.03. The van der Waals surface area contributed by atoms with Gasteiger partial charge in [0.15, 0.2) is 5.84 Å². The van der Waals surface area contributed by atoms with Crippen molar-refractivity contribution >= 4 is 17.4 Å². The zero-order valence-electron chi connectivity index (χ0n) is 12.0. The van der Waals surface area contributed by atoms with E-state index in [9.17, 15) is 0 Å². The van der Waals surface area contributed by atoms with Gasteiger partial charge in [-0.2, -0.15) is 0 Å². The van der Waals surface area contributed by atoms with Crippen LogP contribution in [0.2, 0.25) is 5.02 Å². The van der Waals surface area contributed by atoms with E-state index in [4.69, 9.17) is 27.6 Å². The molecule has 0 radical (unpaired) electrons. The summed E-state index contributed by atoms with van der Waals surface area (Å²) in [5, 5.41) is 21.3. The summed E-state index contributed by atoms with van der Waals surface area (Å²) in [5.41, 5.74) is 7.19. The molecule has 2 rings (SSSR count). The molecule has 0 bridgehead atoms. The van der Waals surface area contributed by atoms with E-state index < -0.39 is 0 Å². The van der Waals surface area contributed by atoms with E-state index in [0.717, 1.165) is 25.1 Å². The van der Waals surface area contributed by atoms with Gasteiger partial charge in [-0.05, 0) is 30.9 Å². The SMILES string of the molecule is N/C(=N/O)c1ccc(CN(CCCO)C2CCC2)c(Cl)c1. The molecule has 1 fully saturated rings. The molecule has 0 spiro atoms. The Kier molecular flexibility index (Phi) is 5.85. The van der Waals surface area contributed by atoms with Crippen LogP contribution in [0.5, 0.6) is 0 Å². The number of oxime groups is 1. The van der Waals surface area contributed by atoms with Crippen LogP contribution in [0, 0.1) is 0 Å². The van der Waals surface area contributed by atoms with Gasteiger partial charge in [0.1, 0.15) is 0 Å². The molecule has 5 nitrogen and oxygen atoms in total. The third kappa shape index (κ3) is 4.09. The first-order valence-electron chi connectivity index (χ1n) is 7.27. The standard InChI is InChI=1S/C15H22ClN3O2/c16-14-9-11(15(17)18-21)5-6-12(14)10-19(7-2-8-20)13-3-1-4-13/h5-6,9,13,20-21H,1-4,7-8,10H2,(H2,17,18). The highest BCUT2D eigenvalue weighted by Gasteiger charge is 2.25. The minimum Gasteiger partial charge on any atom is -0.409 e. The van der Waals surface area contributed by atoms with Crippen molar-refractivity contribution in [2.45, 2.75) is 38.3 Å². The van der Waals surface area contributed by atoms with Crippen LogP contribution in [-0.2, 0) is 6.54 Å². The Bertz CT molecular complexity index is 504. The van der Waals surface area contributed by atoms with Gasteiger partial charge >= 0.3 is 0 Å². The number of rotatable bonds is 7. The van der Waals surface area contributed by atoms with E-state index in [1.165, 1.54) is 19.3 Å². The molecular weight excluding hydrogens is 290 g/mol. The van der Waals surface area contributed by atoms with Crippen molar-refractivity contribution in [2.75, 3.05) is 13.2 Å². The van der Waals surface area contributed by atoms with Crippen LogP contribution >= 0.6 is 11.6 Å². The molecule has 1 aliphatic carbocycles. The van der Waals surface area contributed by atoms with E-state index in [1.807, 2.05) is 6.07 Å². The van der Waals surface area contributed by atoms with Gasteiger partial charge < -0.3 is 16.0 Å². The third-order valence-corrected chi connectivity index (χ3v) is 4.38. The van der Waals surface area contributed by atoms with Crippen LogP contribution < -0.4 is 5.73 Å². The van der Waals surface area contributed by atoms with Gasteiger partial charge in [-0.3, -0.25) is 4.90 Å². The Labute approximate surface area is 130 Å². The van der Waals surface area contributed by atoms with Gasteiger partial charge in [-0.1, -0.05) is 35.3 Å². The zero-order valence-corrected chi connectivity index (χ0v) is 12.8. The molecule has 1 aromatic carbocycles. The predicted molar refractivity (Wildman–Crippen MR) is 83.7 cm³/mol. The van der Waals surface area contributed by atoms with Crippen molar-refractivity contribution in [1.82, 2.24) is 4.90 Å². The first-order chi connectivity index (χ1) is 10.2. The molecule has 4 N–H and O–H groups in total. The van der Waals surface area contributed by atoms with Crippen LogP contribution in [0.25, 0.3) is 0 Å². The first-order valence-corrected chi connectivity index (χ1v) is 7.64. The highest BCUT2D eigenvalue weighted by atomic mass is 35.5. The number of nitrogens with two attached hydrogens (primary N) is 1. The summed E-state index contributed by atoms with van der Waals surface area (Å²) < 4.78 is 0. The molecular formula is C15H22ClN3O2. The highest BCUT2D eigenvalue weighted by molar-refractivity contribution is 6.31. The Hall–Kier alpha value is -1.30. The number of amidine groups is 1. The summed E-state index contributed by atoms with van der Waals surface area (Å²) in [4.78, 5) is 2.38. The number of hydrogen-bond donors (Lipinski definition) is 3. The molecule has 1 saturated carbocycles. The second kappa shape index (κ2) is 7.64. The normalized spacial score (nSPS) is 16.2. The van der Waals surface area contributed by atoms with E-state index in [1.54, 1.807) is 12.1 Å². The van der Waals surface area contributed by atoms with Crippen LogP contribution in [0.15, 0.2) is 23.4 Å². The smallest absolute Gasteiger partial charge is 0.170 e. The second-order valence-electron chi connectivity index (χ2n) is 5.42. The maximum Gasteiger partial charge on any atom is 0.170 e. The molecule has 0 saturated heterocycles. The number of halogens is 1. The van der Waals surface area contributed by atoms with Crippen molar-refractivity contribution in [3.8, 4) is 0 Å². The van der Waals surface area contributed by atoms with Gasteiger partial charge in [-0.15, -0.1) is 0 Å². The van der Waals surface area contributed by atoms with Crippen molar-refractivity contribution in [3.05, 3.63) is 34.3 Å². The van der Waals surface area contributed by atoms with E-state index in [2.05, 4.69) is 10.1 Å². The lowest BCUT2D eigenvalue weighted by molar-refractivity contribution is 0.109. The van der Waals surface area contributed by atoms with E-state index >= 15 is 0 Å². The summed E-state index contributed by atoms with van der Waals surface area (Å²) in [6, 6.07) is 6.04. The fourth-order valence-electron chi connectivity index (χ4n) is 2.53. The topological polar surface area (TPSA) is 82.1 Å². The molecule has 0 heterocycles. The van der Waals surface area contributed by atoms with Gasteiger partial charge in [0, 0.05) is 36.3 Å². The van der Waals surface area contributed by atoms with E-state index in [-0.39, 0.29) is 12.4 Å². The highest BCUT2D eigenvalue weighted by Crippen LogP contribution is 2.28.